The number of fused-ring (bicyclic) bond motifs is 1. The first-order chi connectivity index (χ1) is 14.3. The number of rotatable bonds is 7. The molecule has 0 radical (unpaired) electrons. The number of ether oxygens (including phenoxy) is 1. The highest BCUT2D eigenvalue weighted by Crippen LogP contribution is 2.29. The lowest BCUT2D eigenvalue weighted by atomic mass is 9.94. The van der Waals surface area contributed by atoms with Gasteiger partial charge in [-0.15, -0.1) is 0 Å². The van der Waals surface area contributed by atoms with Crippen LogP contribution in [0, 0.1) is 5.92 Å². The molecule has 156 valence electrons. The fourth-order valence-electron chi connectivity index (χ4n) is 5.58. The Balaban J connectivity index is 1.14. The highest BCUT2D eigenvalue weighted by Gasteiger charge is 2.30. The first-order valence-electron chi connectivity index (χ1n) is 11.5. The van der Waals surface area contributed by atoms with Crippen LogP contribution in [0.2, 0.25) is 0 Å². The predicted molar refractivity (Wildman–Crippen MR) is 121 cm³/mol. The lowest BCUT2D eigenvalue weighted by Gasteiger charge is -2.38. The quantitative estimate of drug-likeness (QED) is 0.663. The van der Waals surface area contributed by atoms with Crippen LogP contribution in [0.15, 0.2) is 41.1 Å². The van der Waals surface area contributed by atoms with Gasteiger partial charge in [-0.3, -0.25) is 9.80 Å². The van der Waals surface area contributed by atoms with Gasteiger partial charge >= 0.3 is 0 Å². The largest absolute Gasteiger partial charge is 0.377 e. The molecule has 2 fully saturated rings. The molecule has 1 aromatic heterocycles. The predicted octanol–water partition coefficient (Wildman–Crippen LogP) is 4.61. The van der Waals surface area contributed by atoms with Crippen molar-refractivity contribution in [1.29, 1.82) is 0 Å². The number of nitrogens with zero attached hydrogens (tertiary/aromatic N) is 2. The Morgan fingerprint density at radius 3 is 2.45 bits per heavy atom. The van der Waals surface area contributed by atoms with Gasteiger partial charge in [-0.05, 0) is 91.0 Å². The van der Waals surface area contributed by atoms with Gasteiger partial charge in [0.2, 0.25) is 0 Å². The molecule has 3 nitrogen and oxygen atoms in total. The Bertz CT molecular complexity index is 738. The molecule has 29 heavy (non-hydrogen) atoms. The Morgan fingerprint density at radius 2 is 1.79 bits per heavy atom. The van der Waals surface area contributed by atoms with Crippen molar-refractivity contribution in [2.45, 2.75) is 57.2 Å². The number of likely N-dealkylation sites (tertiary alicyclic amines) is 1. The van der Waals surface area contributed by atoms with Crippen molar-refractivity contribution in [3.63, 3.8) is 0 Å². The van der Waals surface area contributed by atoms with Crippen molar-refractivity contribution >= 4 is 11.3 Å². The minimum atomic E-state index is 0.450. The maximum absolute atomic E-state index is 5.96. The molecule has 1 aliphatic carbocycles. The second-order valence-corrected chi connectivity index (χ2v) is 10.1. The van der Waals surface area contributed by atoms with E-state index in [1.165, 1.54) is 63.7 Å². The zero-order valence-electron chi connectivity index (χ0n) is 17.5. The first kappa shape index (κ1) is 19.7. The lowest BCUT2D eigenvalue weighted by Crippen LogP contribution is -2.44. The third-order valence-corrected chi connectivity index (χ3v) is 7.92. The number of hydrogen-bond donors (Lipinski definition) is 0. The van der Waals surface area contributed by atoms with Crippen molar-refractivity contribution in [3.8, 4) is 0 Å². The van der Waals surface area contributed by atoms with Gasteiger partial charge < -0.3 is 4.74 Å². The van der Waals surface area contributed by atoms with E-state index in [0.717, 1.165) is 31.7 Å². The molecule has 1 aromatic carbocycles. The summed E-state index contributed by atoms with van der Waals surface area (Å²) in [5.41, 5.74) is 4.63. The lowest BCUT2D eigenvalue weighted by molar-refractivity contribution is 0.0542. The third-order valence-electron chi connectivity index (χ3n) is 7.18. The Kier molecular flexibility index (Phi) is 6.33. The Hall–Kier alpha value is -1.20. The van der Waals surface area contributed by atoms with E-state index in [-0.39, 0.29) is 0 Å². The van der Waals surface area contributed by atoms with Crippen LogP contribution >= 0.6 is 11.3 Å². The number of hydrogen-bond acceptors (Lipinski definition) is 4. The highest BCUT2D eigenvalue weighted by molar-refractivity contribution is 7.07. The molecule has 5 rings (SSSR count). The van der Waals surface area contributed by atoms with Crippen LogP contribution in [0.4, 0.5) is 0 Å². The zero-order valence-corrected chi connectivity index (χ0v) is 18.3. The smallest absolute Gasteiger partial charge is 0.0702 e. The summed E-state index contributed by atoms with van der Waals surface area (Å²) in [5.74, 6) is 0.829. The molecule has 2 saturated heterocycles. The normalized spacial score (nSPS) is 23.8. The van der Waals surface area contributed by atoms with Crippen molar-refractivity contribution in [3.05, 3.63) is 57.8 Å². The van der Waals surface area contributed by atoms with E-state index in [2.05, 4.69) is 50.9 Å². The van der Waals surface area contributed by atoms with Crippen LogP contribution in [-0.2, 0) is 24.1 Å². The third kappa shape index (κ3) is 4.93. The minimum Gasteiger partial charge on any atom is -0.377 e. The van der Waals surface area contributed by atoms with Crippen molar-refractivity contribution in [1.82, 2.24) is 9.80 Å². The van der Waals surface area contributed by atoms with E-state index in [0.29, 0.717) is 6.10 Å². The monoisotopic (exact) mass is 410 g/mol. The van der Waals surface area contributed by atoms with Gasteiger partial charge in [-0.25, -0.2) is 0 Å². The summed E-state index contributed by atoms with van der Waals surface area (Å²) in [4.78, 5) is 5.46. The van der Waals surface area contributed by atoms with Gasteiger partial charge in [0.1, 0.15) is 0 Å². The molecule has 4 heteroatoms. The summed E-state index contributed by atoms with van der Waals surface area (Å²) in [6, 6.07) is 12.1. The first-order valence-corrected chi connectivity index (χ1v) is 12.4. The molecule has 0 bridgehead atoms. The van der Waals surface area contributed by atoms with E-state index in [4.69, 9.17) is 4.74 Å². The minimum absolute atomic E-state index is 0.450. The maximum Gasteiger partial charge on any atom is 0.0702 e. The summed E-state index contributed by atoms with van der Waals surface area (Å²) < 4.78 is 5.96. The Labute approximate surface area is 179 Å². The molecule has 1 atom stereocenters. The molecular formula is C25H34N2OS. The summed E-state index contributed by atoms with van der Waals surface area (Å²) >= 11 is 1.82. The Morgan fingerprint density at radius 1 is 1.00 bits per heavy atom. The average Bonchev–Trinajstić information content (AvgIpc) is 3.50. The van der Waals surface area contributed by atoms with Crippen molar-refractivity contribution < 1.29 is 4.74 Å². The standard InChI is InChI=1S/C25H34N2OS/c1-2-5-23-15-24(14-22(23)4-1)27-10-7-20(8-11-27)16-26(17-21-9-13-29-19-21)18-25-6-3-12-28-25/h1-2,4-5,9,13,19-20,24-25H,3,6-8,10-12,14-18H2. The zero-order chi connectivity index (χ0) is 19.5. The van der Waals surface area contributed by atoms with Gasteiger partial charge in [-0.2, -0.15) is 11.3 Å². The van der Waals surface area contributed by atoms with E-state index in [1.54, 1.807) is 11.1 Å². The second-order valence-electron chi connectivity index (χ2n) is 9.27. The number of benzene rings is 1. The van der Waals surface area contributed by atoms with Crippen molar-refractivity contribution in [2.75, 3.05) is 32.8 Å². The maximum atomic E-state index is 5.96. The molecule has 0 saturated carbocycles. The highest BCUT2D eigenvalue weighted by atomic mass is 32.1. The average molecular weight is 411 g/mol. The summed E-state index contributed by atoms with van der Waals surface area (Å²) in [6.45, 7) is 6.92. The van der Waals surface area contributed by atoms with Gasteiger partial charge in [-0.1, -0.05) is 24.3 Å². The fraction of sp³-hybridized carbons (Fsp3) is 0.600. The van der Waals surface area contributed by atoms with Crippen LogP contribution in [-0.4, -0.2) is 54.7 Å². The van der Waals surface area contributed by atoms with E-state index >= 15 is 0 Å². The molecule has 3 aliphatic rings. The van der Waals surface area contributed by atoms with Crippen LogP contribution in [0.3, 0.4) is 0 Å². The SMILES string of the molecule is c1ccc2c(c1)CC(N1CCC(CN(Cc3ccsc3)CC3CCCO3)CC1)C2. The van der Waals surface area contributed by atoms with Crippen LogP contribution < -0.4 is 0 Å². The van der Waals surface area contributed by atoms with Gasteiger partial charge in [0.25, 0.3) is 0 Å². The van der Waals surface area contributed by atoms with E-state index in [1.807, 2.05) is 11.3 Å². The summed E-state index contributed by atoms with van der Waals surface area (Å²) in [5, 5.41) is 4.51. The number of thiophene rings is 1. The van der Waals surface area contributed by atoms with Gasteiger partial charge in [0, 0.05) is 32.3 Å². The van der Waals surface area contributed by atoms with E-state index < -0.39 is 0 Å². The van der Waals surface area contributed by atoms with Crippen molar-refractivity contribution in [2.24, 2.45) is 5.92 Å². The molecule has 1 unspecified atom stereocenters. The second kappa shape index (κ2) is 9.30. The molecule has 2 aromatic rings. The summed E-state index contributed by atoms with van der Waals surface area (Å²) in [7, 11) is 0. The fourth-order valence-corrected chi connectivity index (χ4v) is 6.24. The van der Waals surface area contributed by atoms with Gasteiger partial charge in [0.05, 0.1) is 6.10 Å². The molecular weight excluding hydrogens is 376 g/mol. The van der Waals surface area contributed by atoms with Gasteiger partial charge in [0.15, 0.2) is 0 Å². The topological polar surface area (TPSA) is 15.7 Å². The van der Waals surface area contributed by atoms with E-state index in [9.17, 15) is 0 Å². The van der Waals surface area contributed by atoms with Crippen LogP contribution in [0.5, 0.6) is 0 Å². The molecule has 2 aliphatic heterocycles. The molecule has 0 spiro atoms. The van der Waals surface area contributed by atoms with Crippen LogP contribution in [0.25, 0.3) is 0 Å². The van der Waals surface area contributed by atoms with Crippen LogP contribution in [0.1, 0.15) is 42.4 Å². The molecule has 3 heterocycles. The summed E-state index contributed by atoms with van der Waals surface area (Å²) in [6.07, 6.45) is 8.12. The molecule has 0 amide bonds. The number of piperidine rings is 1. The molecule has 0 N–H and O–H groups in total.